The second-order valence-corrected chi connectivity index (χ2v) is 6.69. The fourth-order valence-corrected chi connectivity index (χ4v) is 3.63. The summed E-state index contributed by atoms with van der Waals surface area (Å²) in [6.45, 7) is 4.58. The first kappa shape index (κ1) is 20.4. The molecule has 2 aromatic carbocycles. The number of piperazine rings is 1. The van der Waals surface area contributed by atoms with Gasteiger partial charge in [0.05, 0.1) is 12.2 Å². The molecule has 1 aliphatic rings. The maximum Gasteiger partial charge on any atom is 0.194 e. The maximum absolute atomic E-state index is 4.57. The number of pyridine rings is 1. The van der Waals surface area contributed by atoms with E-state index in [1.807, 2.05) is 13.2 Å². The van der Waals surface area contributed by atoms with Crippen molar-refractivity contribution in [1.29, 1.82) is 0 Å². The molecule has 0 aliphatic carbocycles. The van der Waals surface area contributed by atoms with Crippen molar-refractivity contribution in [2.24, 2.45) is 4.99 Å². The van der Waals surface area contributed by atoms with Crippen LogP contribution >= 0.6 is 24.0 Å². The number of nitrogens with zero attached hydrogens (tertiary/aromatic N) is 4. The third kappa shape index (κ3) is 4.55. The monoisotopic (exact) mass is 487 g/mol. The third-order valence-corrected chi connectivity index (χ3v) is 5.08. The lowest BCUT2D eigenvalue weighted by atomic mass is 10.1. The fraction of sp³-hybridized carbons (Fsp3) is 0.273. The summed E-state index contributed by atoms with van der Waals surface area (Å²) in [7, 11) is 1.85. The van der Waals surface area contributed by atoms with E-state index in [-0.39, 0.29) is 24.0 Å². The predicted molar refractivity (Wildman–Crippen MR) is 128 cm³/mol. The van der Waals surface area contributed by atoms with Crippen LogP contribution in [-0.4, -0.2) is 49.1 Å². The molecule has 1 saturated heterocycles. The molecule has 0 unspecified atom stereocenters. The number of anilines is 1. The van der Waals surface area contributed by atoms with Crippen molar-refractivity contribution in [1.82, 2.24) is 15.2 Å². The second-order valence-electron chi connectivity index (χ2n) is 6.69. The Bertz CT molecular complexity index is 915. The van der Waals surface area contributed by atoms with E-state index in [1.54, 1.807) is 0 Å². The van der Waals surface area contributed by atoms with E-state index in [2.05, 4.69) is 85.8 Å². The Kier molecular flexibility index (Phi) is 7.08. The first-order chi connectivity index (χ1) is 13.3. The highest BCUT2D eigenvalue weighted by Gasteiger charge is 2.19. The topological polar surface area (TPSA) is 43.8 Å². The molecule has 1 aromatic heterocycles. The summed E-state index contributed by atoms with van der Waals surface area (Å²) < 4.78 is 0. The Morgan fingerprint density at radius 2 is 1.68 bits per heavy atom. The normalized spacial score (nSPS) is 14.7. The van der Waals surface area contributed by atoms with Crippen molar-refractivity contribution in [3.63, 3.8) is 0 Å². The van der Waals surface area contributed by atoms with E-state index in [0.717, 1.165) is 37.8 Å². The van der Waals surface area contributed by atoms with Gasteiger partial charge in [-0.05, 0) is 23.6 Å². The van der Waals surface area contributed by atoms with Gasteiger partial charge in [-0.25, -0.2) is 0 Å². The zero-order chi connectivity index (χ0) is 18.5. The molecule has 6 heteroatoms. The zero-order valence-corrected chi connectivity index (χ0v) is 18.4. The number of benzene rings is 2. The lowest BCUT2D eigenvalue weighted by Crippen LogP contribution is -2.52. The zero-order valence-electron chi connectivity index (χ0n) is 16.1. The average molecular weight is 487 g/mol. The van der Waals surface area contributed by atoms with Gasteiger partial charge in [-0.15, -0.1) is 24.0 Å². The molecule has 3 aromatic rings. The van der Waals surface area contributed by atoms with Gasteiger partial charge in [-0.2, -0.15) is 0 Å². The molecule has 2 heterocycles. The summed E-state index contributed by atoms with van der Waals surface area (Å²) in [5, 5.41) is 5.91. The Hall–Kier alpha value is -2.35. The molecule has 5 nitrogen and oxygen atoms in total. The van der Waals surface area contributed by atoms with Gasteiger partial charge in [0, 0.05) is 50.5 Å². The van der Waals surface area contributed by atoms with Crippen LogP contribution in [0.2, 0.25) is 0 Å². The number of aromatic nitrogens is 1. The van der Waals surface area contributed by atoms with Gasteiger partial charge in [0.25, 0.3) is 0 Å². The summed E-state index contributed by atoms with van der Waals surface area (Å²) >= 11 is 0. The van der Waals surface area contributed by atoms with Crippen LogP contribution in [0.4, 0.5) is 5.69 Å². The molecule has 0 spiro atoms. The minimum atomic E-state index is 0. The standard InChI is InChI=1S/C22H25N5.HI/c1-23-22(25-17-21-20-10-6-5-7-18(20)11-12-24-21)27-15-13-26(14-16-27)19-8-3-2-4-9-19;/h2-12H,13-17H2,1H3,(H,23,25);1H. The minimum absolute atomic E-state index is 0. The summed E-state index contributed by atoms with van der Waals surface area (Å²) in [6, 6.07) is 21.0. The van der Waals surface area contributed by atoms with Gasteiger partial charge in [-0.1, -0.05) is 42.5 Å². The highest BCUT2D eigenvalue weighted by atomic mass is 127. The molecule has 0 saturated carbocycles. The largest absolute Gasteiger partial charge is 0.368 e. The second kappa shape index (κ2) is 9.73. The number of rotatable bonds is 3. The summed E-state index contributed by atoms with van der Waals surface area (Å²) in [4.78, 5) is 13.8. The molecule has 0 radical (unpaired) electrons. The number of hydrogen-bond donors (Lipinski definition) is 1. The number of guanidine groups is 1. The van der Waals surface area contributed by atoms with E-state index < -0.39 is 0 Å². The molecule has 4 rings (SSSR count). The minimum Gasteiger partial charge on any atom is -0.368 e. The van der Waals surface area contributed by atoms with Crippen LogP contribution in [0.1, 0.15) is 5.69 Å². The number of fused-ring (bicyclic) bond motifs is 1. The van der Waals surface area contributed by atoms with E-state index in [9.17, 15) is 0 Å². The Morgan fingerprint density at radius 1 is 0.964 bits per heavy atom. The van der Waals surface area contributed by atoms with Crippen molar-refractivity contribution in [3.05, 3.63) is 72.6 Å². The van der Waals surface area contributed by atoms with Gasteiger partial charge < -0.3 is 15.1 Å². The van der Waals surface area contributed by atoms with Crippen LogP contribution in [-0.2, 0) is 6.54 Å². The predicted octanol–water partition coefficient (Wildman–Crippen LogP) is 3.75. The third-order valence-electron chi connectivity index (χ3n) is 5.08. The van der Waals surface area contributed by atoms with Gasteiger partial charge in [-0.3, -0.25) is 9.98 Å². The molecular weight excluding hydrogens is 461 g/mol. The molecular formula is C22H26IN5. The van der Waals surface area contributed by atoms with Crippen LogP contribution in [0.25, 0.3) is 10.8 Å². The van der Waals surface area contributed by atoms with Crippen molar-refractivity contribution in [2.75, 3.05) is 38.1 Å². The molecule has 146 valence electrons. The SMILES string of the molecule is CN=C(NCc1nccc2ccccc12)N1CCN(c2ccccc2)CC1.I. The first-order valence-electron chi connectivity index (χ1n) is 9.43. The van der Waals surface area contributed by atoms with Crippen molar-refractivity contribution in [3.8, 4) is 0 Å². The van der Waals surface area contributed by atoms with Gasteiger partial charge in [0.2, 0.25) is 0 Å². The van der Waals surface area contributed by atoms with Crippen LogP contribution in [0.15, 0.2) is 71.9 Å². The number of halogens is 1. The number of para-hydroxylation sites is 1. The molecule has 0 bridgehead atoms. The Balaban J connectivity index is 0.00000225. The van der Waals surface area contributed by atoms with Crippen LogP contribution < -0.4 is 10.2 Å². The lowest BCUT2D eigenvalue weighted by Gasteiger charge is -2.37. The first-order valence-corrected chi connectivity index (χ1v) is 9.43. The average Bonchev–Trinajstić information content (AvgIpc) is 2.75. The lowest BCUT2D eigenvalue weighted by molar-refractivity contribution is 0.372. The molecule has 1 N–H and O–H groups in total. The van der Waals surface area contributed by atoms with Crippen molar-refractivity contribution in [2.45, 2.75) is 6.54 Å². The molecule has 28 heavy (non-hydrogen) atoms. The number of hydrogen-bond acceptors (Lipinski definition) is 3. The van der Waals surface area contributed by atoms with Crippen LogP contribution in [0, 0.1) is 0 Å². The molecule has 0 atom stereocenters. The molecule has 1 aliphatic heterocycles. The van der Waals surface area contributed by atoms with E-state index in [1.165, 1.54) is 16.5 Å². The smallest absolute Gasteiger partial charge is 0.194 e. The molecule has 0 amide bonds. The van der Waals surface area contributed by atoms with E-state index in [0.29, 0.717) is 6.54 Å². The summed E-state index contributed by atoms with van der Waals surface area (Å²) in [5.74, 6) is 0.942. The number of nitrogens with one attached hydrogen (secondary N) is 1. The maximum atomic E-state index is 4.57. The fourth-order valence-electron chi connectivity index (χ4n) is 3.63. The van der Waals surface area contributed by atoms with Gasteiger partial charge >= 0.3 is 0 Å². The molecule has 1 fully saturated rings. The van der Waals surface area contributed by atoms with Crippen molar-refractivity contribution < 1.29 is 0 Å². The van der Waals surface area contributed by atoms with Gasteiger partial charge in [0.1, 0.15) is 0 Å². The van der Waals surface area contributed by atoms with Crippen LogP contribution in [0.5, 0.6) is 0 Å². The van der Waals surface area contributed by atoms with E-state index >= 15 is 0 Å². The summed E-state index contributed by atoms with van der Waals surface area (Å²) in [6.07, 6.45) is 1.88. The Morgan fingerprint density at radius 3 is 2.43 bits per heavy atom. The van der Waals surface area contributed by atoms with E-state index in [4.69, 9.17) is 0 Å². The summed E-state index contributed by atoms with van der Waals surface area (Å²) in [5.41, 5.74) is 2.34. The van der Waals surface area contributed by atoms with Gasteiger partial charge in [0.15, 0.2) is 5.96 Å². The van der Waals surface area contributed by atoms with Crippen LogP contribution in [0.3, 0.4) is 0 Å². The Labute approximate surface area is 183 Å². The number of aliphatic imine (C=N–C) groups is 1. The highest BCUT2D eigenvalue weighted by molar-refractivity contribution is 14.0. The highest BCUT2D eigenvalue weighted by Crippen LogP contribution is 2.17. The quantitative estimate of drug-likeness (QED) is 0.347. The van der Waals surface area contributed by atoms with Crippen molar-refractivity contribution >= 4 is 46.4 Å².